The maximum atomic E-state index is 14.1. The number of hydrogen-bond donors (Lipinski definition) is 2. The molecule has 194 valence electrons. The minimum absolute atomic E-state index is 0.0731. The van der Waals surface area contributed by atoms with E-state index < -0.39 is 17.8 Å². The third kappa shape index (κ3) is 9.49. The van der Waals surface area contributed by atoms with Crippen LogP contribution in [0.3, 0.4) is 0 Å². The molecular formula is C28H39F2NO4. The van der Waals surface area contributed by atoms with E-state index in [1.165, 1.54) is 5.56 Å². The molecule has 35 heavy (non-hydrogen) atoms. The second-order valence-corrected chi connectivity index (χ2v) is 9.61. The average molecular weight is 492 g/mol. The van der Waals surface area contributed by atoms with Gasteiger partial charge in [0.2, 0.25) is 11.7 Å². The molecule has 5 nitrogen and oxygen atoms in total. The fourth-order valence-corrected chi connectivity index (χ4v) is 4.08. The molecule has 3 rings (SSSR count). The molecule has 0 fully saturated rings. The third-order valence-corrected chi connectivity index (χ3v) is 6.10. The Morgan fingerprint density at radius 1 is 1.03 bits per heavy atom. The van der Waals surface area contributed by atoms with Gasteiger partial charge in [-0.3, -0.25) is 0 Å². The van der Waals surface area contributed by atoms with Crippen LogP contribution in [-0.2, 0) is 22.5 Å². The number of fused-ring (bicyclic) bond motifs is 1. The smallest absolute Gasteiger partial charge is 0.250 e. The SMILES string of the molecule is CC1(C)OCc2cccc([C@H](O)CNCCCC(F)(F)CCOCCCCc3ccccc3)c2O1. The summed E-state index contributed by atoms with van der Waals surface area (Å²) in [6, 6.07) is 15.8. The molecule has 0 radical (unpaired) electrons. The number of hydrogen-bond acceptors (Lipinski definition) is 5. The minimum Gasteiger partial charge on any atom is -0.462 e. The van der Waals surface area contributed by atoms with E-state index in [2.05, 4.69) is 17.4 Å². The van der Waals surface area contributed by atoms with Gasteiger partial charge >= 0.3 is 0 Å². The number of alkyl halides is 2. The normalized spacial score (nSPS) is 15.9. The maximum absolute atomic E-state index is 14.1. The van der Waals surface area contributed by atoms with E-state index in [1.54, 1.807) is 0 Å². The number of rotatable bonds is 15. The van der Waals surface area contributed by atoms with Gasteiger partial charge in [-0.1, -0.05) is 48.5 Å². The summed E-state index contributed by atoms with van der Waals surface area (Å²) >= 11 is 0. The fourth-order valence-electron chi connectivity index (χ4n) is 4.08. The Kier molecular flexibility index (Phi) is 10.5. The summed E-state index contributed by atoms with van der Waals surface area (Å²) < 4.78 is 45.3. The van der Waals surface area contributed by atoms with Crippen molar-refractivity contribution in [2.75, 3.05) is 26.3 Å². The summed E-state index contributed by atoms with van der Waals surface area (Å²) in [4.78, 5) is 0. The quantitative estimate of drug-likeness (QED) is 0.309. The number of halogens is 2. The summed E-state index contributed by atoms with van der Waals surface area (Å²) in [7, 11) is 0. The van der Waals surface area contributed by atoms with Gasteiger partial charge in [0.25, 0.3) is 0 Å². The van der Waals surface area contributed by atoms with E-state index in [9.17, 15) is 13.9 Å². The summed E-state index contributed by atoms with van der Waals surface area (Å²) in [5.41, 5.74) is 2.85. The minimum atomic E-state index is -2.75. The lowest BCUT2D eigenvalue weighted by atomic mass is 10.0. The maximum Gasteiger partial charge on any atom is 0.250 e. The van der Waals surface area contributed by atoms with Gasteiger partial charge in [0.15, 0.2) is 0 Å². The van der Waals surface area contributed by atoms with Crippen LogP contribution in [0.15, 0.2) is 48.5 Å². The number of aliphatic hydroxyl groups excluding tert-OH is 1. The van der Waals surface area contributed by atoms with E-state index in [0.29, 0.717) is 37.5 Å². The molecule has 2 aromatic rings. The van der Waals surface area contributed by atoms with E-state index in [0.717, 1.165) is 24.8 Å². The molecule has 0 spiro atoms. The van der Waals surface area contributed by atoms with E-state index >= 15 is 0 Å². The van der Waals surface area contributed by atoms with Gasteiger partial charge in [0.1, 0.15) is 5.75 Å². The lowest BCUT2D eigenvalue weighted by molar-refractivity contribution is -0.181. The molecule has 1 aliphatic rings. The Morgan fingerprint density at radius 3 is 2.63 bits per heavy atom. The van der Waals surface area contributed by atoms with E-state index in [-0.39, 0.29) is 26.0 Å². The largest absolute Gasteiger partial charge is 0.462 e. The Hall–Kier alpha value is -2.06. The van der Waals surface area contributed by atoms with Crippen molar-refractivity contribution in [1.29, 1.82) is 0 Å². The van der Waals surface area contributed by atoms with Crippen molar-refractivity contribution in [3.8, 4) is 5.75 Å². The van der Waals surface area contributed by atoms with Gasteiger partial charge in [-0.25, -0.2) is 8.78 Å². The number of unbranched alkanes of at least 4 members (excludes halogenated alkanes) is 1. The van der Waals surface area contributed by atoms with Crippen molar-refractivity contribution in [3.63, 3.8) is 0 Å². The summed E-state index contributed by atoms with van der Waals surface area (Å²) in [6.07, 6.45) is 1.89. The molecule has 1 aliphatic heterocycles. The van der Waals surface area contributed by atoms with Gasteiger partial charge in [0, 0.05) is 51.0 Å². The van der Waals surface area contributed by atoms with Crippen LogP contribution in [0.25, 0.3) is 0 Å². The van der Waals surface area contributed by atoms with Crippen LogP contribution >= 0.6 is 0 Å². The monoisotopic (exact) mass is 491 g/mol. The molecule has 1 atom stereocenters. The van der Waals surface area contributed by atoms with Gasteiger partial charge in [-0.2, -0.15) is 0 Å². The fraction of sp³-hybridized carbons (Fsp3) is 0.571. The molecule has 0 bridgehead atoms. The molecule has 2 N–H and O–H groups in total. The van der Waals surface area contributed by atoms with E-state index in [4.69, 9.17) is 14.2 Å². The second-order valence-electron chi connectivity index (χ2n) is 9.61. The average Bonchev–Trinajstić information content (AvgIpc) is 2.82. The van der Waals surface area contributed by atoms with Crippen LogP contribution in [0, 0.1) is 0 Å². The molecule has 0 unspecified atom stereocenters. The molecule has 1 heterocycles. The summed E-state index contributed by atoms with van der Waals surface area (Å²) in [6.45, 7) is 5.32. The van der Waals surface area contributed by atoms with Crippen molar-refractivity contribution < 1.29 is 28.1 Å². The molecule has 0 aliphatic carbocycles. The Balaban J connectivity index is 1.26. The van der Waals surface area contributed by atoms with E-state index in [1.807, 2.05) is 50.2 Å². The van der Waals surface area contributed by atoms with Crippen molar-refractivity contribution in [3.05, 3.63) is 65.2 Å². The number of benzene rings is 2. The van der Waals surface area contributed by atoms with Gasteiger partial charge in [0.05, 0.1) is 19.3 Å². The van der Waals surface area contributed by atoms with Gasteiger partial charge in [-0.15, -0.1) is 0 Å². The van der Waals surface area contributed by atoms with Crippen LogP contribution in [-0.4, -0.2) is 43.1 Å². The van der Waals surface area contributed by atoms with Crippen molar-refractivity contribution in [2.45, 2.75) is 76.8 Å². The lowest BCUT2D eigenvalue weighted by Crippen LogP contribution is -2.36. The predicted molar refractivity (Wildman–Crippen MR) is 133 cm³/mol. The highest BCUT2D eigenvalue weighted by atomic mass is 19.3. The standard InChI is InChI=1S/C28H39F2NO4/c1-27(2)34-21-23-13-8-14-24(26(23)35-27)25(32)20-31-17-9-15-28(29,30)16-19-33-18-7-6-12-22-10-4-3-5-11-22/h3-5,8,10-11,13-14,25,31-32H,6-7,9,12,15-21H2,1-2H3/t25-/m1/s1. The molecule has 0 amide bonds. The topological polar surface area (TPSA) is 60.0 Å². The third-order valence-electron chi connectivity index (χ3n) is 6.10. The molecule has 0 saturated heterocycles. The molecule has 7 heteroatoms. The molecule has 2 aromatic carbocycles. The Morgan fingerprint density at radius 2 is 1.83 bits per heavy atom. The number of aliphatic hydroxyl groups is 1. The molecule has 0 saturated carbocycles. The Bertz CT molecular complexity index is 892. The number of nitrogens with one attached hydrogen (secondary N) is 1. The zero-order valence-electron chi connectivity index (χ0n) is 20.9. The van der Waals surface area contributed by atoms with Crippen LogP contribution < -0.4 is 10.1 Å². The zero-order chi connectivity index (χ0) is 25.2. The highest BCUT2D eigenvalue weighted by molar-refractivity contribution is 5.43. The van der Waals surface area contributed by atoms with Crippen molar-refractivity contribution in [2.24, 2.45) is 0 Å². The first kappa shape index (κ1) is 27.5. The molecular weight excluding hydrogens is 452 g/mol. The van der Waals surface area contributed by atoms with Gasteiger partial charge in [-0.05, 0) is 37.8 Å². The summed E-state index contributed by atoms with van der Waals surface area (Å²) in [5.74, 6) is -2.86. The van der Waals surface area contributed by atoms with Gasteiger partial charge < -0.3 is 24.6 Å². The van der Waals surface area contributed by atoms with Crippen LogP contribution in [0.2, 0.25) is 0 Å². The first-order chi connectivity index (χ1) is 16.8. The lowest BCUT2D eigenvalue weighted by Gasteiger charge is -2.34. The number of para-hydroxylation sites is 1. The van der Waals surface area contributed by atoms with Crippen LogP contribution in [0.4, 0.5) is 8.78 Å². The highest BCUT2D eigenvalue weighted by Gasteiger charge is 2.30. The zero-order valence-corrected chi connectivity index (χ0v) is 20.9. The van der Waals surface area contributed by atoms with Crippen molar-refractivity contribution >= 4 is 0 Å². The number of ether oxygens (including phenoxy) is 3. The highest BCUT2D eigenvalue weighted by Crippen LogP contribution is 2.37. The second kappa shape index (κ2) is 13.3. The van der Waals surface area contributed by atoms with Crippen LogP contribution in [0.5, 0.6) is 5.75 Å². The number of aryl methyl sites for hydroxylation is 1. The molecule has 0 aromatic heterocycles. The predicted octanol–water partition coefficient (Wildman–Crippen LogP) is 5.80. The Labute approximate surface area is 207 Å². The first-order valence-electron chi connectivity index (χ1n) is 12.6. The summed E-state index contributed by atoms with van der Waals surface area (Å²) in [5, 5.41) is 13.7. The van der Waals surface area contributed by atoms with Crippen LogP contribution in [0.1, 0.15) is 68.7 Å². The van der Waals surface area contributed by atoms with Crippen molar-refractivity contribution in [1.82, 2.24) is 5.32 Å². The first-order valence-corrected chi connectivity index (χ1v) is 12.6.